The van der Waals surface area contributed by atoms with E-state index in [1.807, 2.05) is 38.1 Å². The van der Waals surface area contributed by atoms with Crippen molar-refractivity contribution < 1.29 is 14.0 Å². The van der Waals surface area contributed by atoms with Gasteiger partial charge in [0, 0.05) is 18.8 Å². The standard InChI is InChI=1S/C25H27FN4O2/c1-16(2)21-13-22(29-28-21)23(31)30-11-10-25(15-30,24(27)32)14-17-4-3-5-19(12-17)18-6-8-20(26)9-7-18/h3-9,12-13,16H,10-11,14-15H2,1-2H3,(H2,27,32)(H,28,29)/t25-/m1/s1. The first-order valence-electron chi connectivity index (χ1n) is 10.8. The van der Waals surface area contributed by atoms with Gasteiger partial charge in [0.2, 0.25) is 5.91 Å². The lowest BCUT2D eigenvalue weighted by atomic mass is 9.79. The Hall–Kier alpha value is -3.48. The third-order valence-electron chi connectivity index (χ3n) is 6.25. The normalized spacial score (nSPS) is 18.3. The van der Waals surface area contributed by atoms with Gasteiger partial charge in [-0.25, -0.2) is 4.39 Å². The van der Waals surface area contributed by atoms with Crippen LogP contribution in [0.4, 0.5) is 4.39 Å². The number of halogens is 1. The molecular formula is C25H27FN4O2. The zero-order valence-electron chi connectivity index (χ0n) is 18.3. The molecule has 166 valence electrons. The van der Waals surface area contributed by atoms with E-state index in [1.54, 1.807) is 23.1 Å². The van der Waals surface area contributed by atoms with Crippen LogP contribution in [0, 0.1) is 11.2 Å². The number of hydrogen-bond acceptors (Lipinski definition) is 3. The van der Waals surface area contributed by atoms with Crippen LogP contribution in [0.3, 0.4) is 0 Å². The van der Waals surface area contributed by atoms with Gasteiger partial charge in [0.1, 0.15) is 11.5 Å². The average Bonchev–Trinajstić information content (AvgIpc) is 3.43. The third-order valence-corrected chi connectivity index (χ3v) is 6.25. The second kappa shape index (κ2) is 8.57. The molecule has 2 amide bonds. The molecule has 1 saturated heterocycles. The number of benzene rings is 2. The summed E-state index contributed by atoms with van der Waals surface area (Å²) in [4.78, 5) is 27.2. The van der Waals surface area contributed by atoms with Crippen molar-refractivity contribution in [2.45, 2.75) is 32.6 Å². The number of aromatic amines is 1. The molecule has 3 N–H and O–H groups in total. The van der Waals surface area contributed by atoms with E-state index in [2.05, 4.69) is 10.2 Å². The summed E-state index contributed by atoms with van der Waals surface area (Å²) in [5.41, 5.74) is 9.04. The Kier molecular flexibility index (Phi) is 5.82. The Morgan fingerprint density at radius 1 is 1.16 bits per heavy atom. The number of amides is 2. The molecule has 1 fully saturated rings. The van der Waals surface area contributed by atoms with Crippen molar-refractivity contribution in [2.75, 3.05) is 13.1 Å². The molecule has 0 unspecified atom stereocenters. The number of carbonyl (C=O) groups is 2. The molecular weight excluding hydrogens is 407 g/mol. The largest absolute Gasteiger partial charge is 0.369 e. The van der Waals surface area contributed by atoms with Gasteiger partial charge in [0.25, 0.3) is 5.91 Å². The molecule has 32 heavy (non-hydrogen) atoms. The summed E-state index contributed by atoms with van der Waals surface area (Å²) in [5, 5.41) is 7.06. The topological polar surface area (TPSA) is 92.1 Å². The zero-order chi connectivity index (χ0) is 22.9. The van der Waals surface area contributed by atoms with Crippen LogP contribution in [0.5, 0.6) is 0 Å². The van der Waals surface area contributed by atoms with E-state index >= 15 is 0 Å². The van der Waals surface area contributed by atoms with Gasteiger partial charge in [-0.15, -0.1) is 0 Å². The maximum absolute atomic E-state index is 13.3. The number of rotatable bonds is 6. The highest BCUT2D eigenvalue weighted by molar-refractivity contribution is 5.93. The first kappa shape index (κ1) is 21.7. The number of nitrogens with two attached hydrogens (primary N) is 1. The number of primary amides is 1. The van der Waals surface area contributed by atoms with Gasteiger partial charge in [-0.2, -0.15) is 5.10 Å². The van der Waals surface area contributed by atoms with E-state index in [4.69, 9.17) is 5.73 Å². The van der Waals surface area contributed by atoms with E-state index < -0.39 is 11.3 Å². The van der Waals surface area contributed by atoms with Crippen LogP contribution in [-0.2, 0) is 11.2 Å². The summed E-state index contributed by atoms with van der Waals surface area (Å²) in [6.45, 7) is 4.75. The Morgan fingerprint density at radius 3 is 2.56 bits per heavy atom. The molecule has 4 rings (SSSR count). The number of H-pyrrole nitrogens is 1. The molecule has 2 heterocycles. The molecule has 1 aliphatic heterocycles. The van der Waals surface area contributed by atoms with Crippen molar-refractivity contribution in [3.05, 3.63) is 77.4 Å². The van der Waals surface area contributed by atoms with Gasteiger partial charge < -0.3 is 10.6 Å². The summed E-state index contributed by atoms with van der Waals surface area (Å²) >= 11 is 0. The van der Waals surface area contributed by atoms with E-state index in [0.717, 1.165) is 22.4 Å². The number of nitrogens with one attached hydrogen (secondary N) is 1. The number of carbonyl (C=O) groups excluding carboxylic acids is 2. The molecule has 0 spiro atoms. The van der Waals surface area contributed by atoms with Crippen LogP contribution in [0.15, 0.2) is 54.6 Å². The van der Waals surface area contributed by atoms with Crippen molar-refractivity contribution in [3.8, 4) is 11.1 Å². The maximum Gasteiger partial charge on any atom is 0.274 e. The molecule has 2 aromatic carbocycles. The van der Waals surface area contributed by atoms with Gasteiger partial charge in [-0.05, 0) is 53.6 Å². The lowest BCUT2D eigenvalue weighted by molar-refractivity contribution is -0.126. The van der Waals surface area contributed by atoms with Crippen LogP contribution in [0.2, 0.25) is 0 Å². The monoisotopic (exact) mass is 434 g/mol. The Balaban J connectivity index is 1.54. The number of likely N-dealkylation sites (tertiary alicyclic amines) is 1. The predicted octanol–water partition coefficient (Wildman–Crippen LogP) is 3.90. The van der Waals surface area contributed by atoms with Gasteiger partial charge in [0.15, 0.2) is 0 Å². The molecule has 1 atom stereocenters. The SMILES string of the molecule is CC(C)c1cc(C(=O)N2CC[C@](Cc3cccc(-c4ccc(F)cc4)c3)(C(N)=O)C2)n[nH]1. The maximum atomic E-state index is 13.3. The van der Waals surface area contributed by atoms with Crippen LogP contribution in [0.25, 0.3) is 11.1 Å². The Labute approximate surface area is 186 Å². The van der Waals surface area contributed by atoms with Crippen LogP contribution in [-0.4, -0.2) is 40.0 Å². The van der Waals surface area contributed by atoms with Crippen LogP contribution < -0.4 is 5.73 Å². The lowest BCUT2D eigenvalue weighted by Gasteiger charge is -2.26. The Morgan fingerprint density at radius 2 is 1.91 bits per heavy atom. The Bertz CT molecular complexity index is 1140. The van der Waals surface area contributed by atoms with Gasteiger partial charge >= 0.3 is 0 Å². The van der Waals surface area contributed by atoms with Crippen LogP contribution >= 0.6 is 0 Å². The highest BCUT2D eigenvalue weighted by atomic mass is 19.1. The van der Waals surface area contributed by atoms with E-state index in [1.165, 1.54) is 12.1 Å². The van der Waals surface area contributed by atoms with Crippen molar-refractivity contribution >= 4 is 11.8 Å². The van der Waals surface area contributed by atoms with E-state index in [-0.39, 0.29) is 24.2 Å². The highest BCUT2D eigenvalue weighted by Crippen LogP contribution is 2.35. The van der Waals surface area contributed by atoms with Gasteiger partial charge in [0.05, 0.1) is 5.41 Å². The second-order valence-electron chi connectivity index (χ2n) is 8.87. The quantitative estimate of drug-likeness (QED) is 0.616. The summed E-state index contributed by atoms with van der Waals surface area (Å²) in [5.74, 6) is -0.660. The van der Waals surface area contributed by atoms with Gasteiger partial charge in [-0.1, -0.05) is 50.2 Å². The molecule has 6 nitrogen and oxygen atoms in total. The summed E-state index contributed by atoms with van der Waals surface area (Å²) < 4.78 is 13.3. The summed E-state index contributed by atoms with van der Waals surface area (Å²) in [6.07, 6.45) is 0.926. The molecule has 1 aliphatic rings. The van der Waals surface area contributed by atoms with Crippen molar-refractivity contribution in [3.63, 3.8) is 0 Å². The van der Waals surface area contributed by atoms with Crippen molar-refractivity contribution in [1.82, 2.24) is 15.1 Å². The van der Waals surface area contributed by atoms with Gasteiger partial charge in [-0.3, -0.25) is 14.7 Å². The first-order chi connectivity index (χ1) is 15.3. The van der Waals surface area contributed by atoms with E-state index in [0.29, 0.717) is 25.1 Å². The average molecular weight is 435 g/mol. The minimum absolute atomic E-state index is 0.198. The van der Waals surface area contributed by atoms with Crippen molar-refractivity contribution in [2.24, 2.45) is 11.1 Å². The third kappa shape index (κ3) is 4.28. The second-order valence-corrected chi connectivity index (χ2v) is 8.87. The molecule has 0 aliphatic carbocycles. The summed E-state index contributed by atoms with van der Waals surface area (Å²) in [7, 11) is 0. The summed E-state index contributed by atoms with van der Waals surface area (Å²) in [6, 6.07) is 15.9. The molecule has 1 aromatic heterocycles. The number of aromatic nitrogens is 2. The van der Waals surface area contributed by atoms with E-state index in [9.17, 15) is 14.0 Å². The highest BCUT2D eigenvalue weighted by Gasteiger charge is 2.45. The molecule has 3 aromatic rings. The number of hydrogen-bond donors (Lipinski definition) is 2. The fourth-order valence-corrected chi connectivity index (χ4v) is 4.28. The lowest BCUT2D eigenvalue weighted by Crippen LogP contribution is -2.42. The fraction of sp³-hybridized carbons (Fsp3) is 0.320. The molecule has 7 heteroatoms. The van der Waals surface area contributed by atoms with Crippen molar-refractivity contribution in [1.29, 1.82) is 0 Å². The minimum Gasteiger partial charge on any atom is -0.369 e. The smallest absolute Gasteiger partial charge is 0.274 e. The van der Waals surface area contributed by atoms with Crippen LogP contribution in [0.1, 0.15) is 47.9 Å². The molecule has 0 saturated carbocycles. The zero-order valence-corrected chi connectivity index (χ0v) is 18.3. The first-order valence-corrected chi connectivity index (χ1v) is 10.8. The molecule has 0 bridgehead atoms. The predicted molar refractivity (Wildman–Crippen MR) is 120 cm³/mol. The molecule has 0 radical (unpaired) electrons. The fourth-order valence-electron chi connectivity index (χ4n) is 4.28. The number of nitrogens with zero attached hydrogens (tertiary/aromatic N) is 2. The minimum atomic E-state index is -0.839.